The Kier molecular flexibility index (Phi) is 6.74. The highest BCUT2D eigenvalue weighted by atomic mass is 19.3. The van der Waals surface area contributed by atoms with Crippen molar-refractivity contribution in [3.05, 3.63) is 23.8 Å². The Labute approximate surface area is 139 Å². The summed E-state index contributed by atoms with van der Waals surface area (Å²) in [6, 6.07) is 4.16. The van der Waals surface area contributed by atoms with E-state index < -0.39 is 6.61 Å². The molecule has 0 saturated carbocycles. The molecule has 134 valence electrons. The molecule has 1 N–H and O–H groups in total. The molecule has 0 spiro atoms. The summed E-state index contributed by atoms with van der Waals surface area (Å²) in [6.45, 7) is 0.880. The number of anilines is 1. The van der Waals surface area contributed by atoms with E-state index in [-0.39, 0.29) is 17.9 Å². The van der Waals surface area contributed by atoms with Gasteiger partial charge in [0.25, 0.3) is 0 Å². The van der Waals surface area contributed by atoms with E-state index in [1.807, 2.05) is 0 Å². The third kappa shape index (κ3) is 5.31. The molecule has 1 aromatic rings. The summed E-state index contributed by atoms with van der Waals surface area (Å²) in [5.74, 6) is 0.0616. The summed E-state index contributed by atoms with van der Waals surface area (Å²) in [5, 5.41) is 2.79. The van der Waals surface area contributed by atoms with Gasteiger partial charge in [0.15, 0.2) is 0 Å². The Morgan fingerprint density at radius 1 is 1.50 bits per heavy atom. The first-order valence-corrected chi connectivity index (χ1v) is 7.71. The van der Waals surface area contributed by atoms with Crippen molar-refractivity contribution in [2.45, 2.75) is 26.1 Å². The predicted molar refractivity (Wildman–Crippen MR) is 84.6 cm³/mol. The van der Waals surface area contributed by atoms with Crippen molar-refractivity contribution in [1.82, 2.24) is 4.90 Å². The number of carbonyl (C=O) groups excluding carboxylic acids is 1. The highest BCUT2D eigenvalue weighted by Crippen LogP contribution is 2.23. The van der Waals surface area contributed by atoms with Crippen LogP contribution in [0.1, 0.15) is 12.0 Å². The second-order valence-electron chi connectivity index (χ2n) is 5.51. The highest BCUT2D eigenvalue weighted by Gasteiger charge is 2.24. The molecule has 1 heterocycles. The number of rotatable bonds is 6. The number of halogens is 2. The first kappa shape index (κ1) is 18.4. The Balaban J connectivity index is 1.93. The molecule has 24 heavy (non-hydrogen) atoms. The van der Waals surface area contributed by atoms with Crippen LogP contribution in [-0.4, -0.2) is 57.1 Å². The summed E-state index contributed by atoms with van der Waals surface area (Å²) in [7, 11) is 1.62. The second-order valence-corrected chi connectivity index (χ2v) is 5.51. The number of ether oxygens (including phenoxy) is 3. The summed E-state index contributed by atoms with van der Waals surface area (Å²) >= 11 is 0. The van der Waals surface area contributed by atoms with Crippen LogP contribution in [0.2, 0.25) is 0 Å². The van der Waals surface area contributed by atoms with Crippen LogP contribution in [0.3, 0.4) is 0 Å². The zero-order valence-corrected chi connectivity index (χ0v) is 13.8. The smallest absolute Gasteiger partial charge is 0.387 e. The molecule has 2 rings (SSSR count). The standard InChI is InChI=1S/C16H22F2N2O4/c1-11-9-12(24-15(17)18)3-4-14(11)19-16(21)20-6-8-23-13(10-20)5-7-22-2/h3-4,9,13,15H,5-8,10H2,1-2H3,(H,19,21)/t13-/m1/s1. The van der Waals surface area contributed by atoms with Crippen molar-refractivity contribution < 1.29 is 27.8 Å². The lowest BCUT2D eigenvalue weighted by Crippen LogP contribution is -2.47. The van der Waals surface area contributed by atoms with E-state index in [0.717, 1.165) is 6.42 Å². The molecule has 1 aromatic carbocycles. The Bertz CT molecular complexity index is 557. The number of urea groups is 1. The van der Waals surface area contributed by atoms with E-state index in [2.05, 4.69) is 10.1 Å². The second kappa shape index (κ2) is 8.79. The van der Waals surface area contributed by atoms with E-state index in [1.165, 1.54) is 12.1 Å². The Morgan fingerprint density at radius 2 is 2.29 bits per heavy atom. The van der Waals surface area contributed by atoms with Crippen LogP contribution in [0.4, 0.5) is 19.3 Å². The molecule has 6 nitrogen and oxygen atoms in total. The fourth-order valence-corrected chi connectivity index (χ4v) is 2.47. The molecule has 0 radical (unpaired) electrons. The van der Waals surface area contributed by atoms with Crippen molar-refractivity contribution in [2.75, 3.05) is 38.7 Å². The maximum absolute atomic E-state index is 12.4. The molecule has 1 saturated heterocycles. The Morgan fingerprint density at radius 3 is 2.96 bits per heavy atom. The maximum atomic E-state index is 12.4. The SMILES string of the molecule is COCC[C@@H]1CN(C(=O)Nc2ccc(OC(F)F)cc2C)CCO1. The van der Waals surface area contributed by atoms with Crippen LogP contribution in [0.25, 0.3) is 0 Å². The zero-order valence-electron chi connectivity index (χ0n) is 13.8. The van der Waals surface area contributed by atoms with Crippen LogP contribution in [0.5, 0.6) is 5.75 Å². The molecule has 1 aliphatic heterocycles. The molecular formula is C16H22F2N2O4. The van der Waals surface area contributed by atoms with Crippen molar-refractivity contribution >= 4 is 11.7 Å². The average molecular weight is 344 g/mol. The number of alkyl halides is 2. The van der Waals surface area contributed by atoms with E-state index in [0.29, 0.717) is 37.6 Å². The predicted octanol–water partition coefficient (Wildman–Crippen LogP) is 2.87. The first-order chi connectivity index (χ1) is 11.5. The van der Waals surface area contributed by atoms with Gasteiger partial charge in [0.2, 0.25) is 0 Å². The molecule has 0 bridgehead atoms. The molecular weight excluding hydrogens is 322 g/mol. The van der Waals surface area contributed by atoms with Crippen molar-refractivity contribution in [2.24, 2.45) is 0 Å². The minimum Gasteiger partial charge on any atom is -0.435 e. The third-order valence-corrected chi connectivity index (χ3v) is 3.73. The van der Waals surface area contributed by atoms with E-state index >= 15 is 0 Å². The van der Waals surface area contributed by atoms with Gasteiger partial charge in [-0.25, -0.2) is 4.79 Å². The fraction of sp³-hybridized carbons (Fsp3) is 0.562. The zero-order chi connectivity index (χ0) is 17.5. The van der Waals surface area contributed by atoms with Gasteiger partial charge in [-0.05, 0) is 37.1 Å². The molecule has 1 fully saturated rings. The largest absolute Gasteiger partial charge is 0.435 e. The van der Waals surface area contributed by atoms with Crippen molar-refractivity contribution in [1.29, 1.82) is 0 Å². The minimum atomic E-state index is -2.87. The first-order valence-electron chi connectivity index (χ1n) is 7.71. The van der Waals surface area contributed by atoms with Crippen LogP contribution in [-0.2, 0) is 9.47 Å². The molecule has 0 aromatic heterocycles. The van der Waals surface area contributed by atoms with Gasteiger partial charge in [0, 0.05) is 32.5 Å². The van der Waals surface area contributed by atoms with Gasteiger partial charge in [-0.2, -0.15) is 8.78 Å². The van der Waals surface area contributed by atoms with Gasteiger partial charge in [-0.3, -0.25) is 0 Å². The van der Waals surface area contributed by atoms with Crippen LogP contribution in [0.15, 0.2) is 18.2 Å². The topological polar surface area (TPSA) is 60.0 Å². The van der Waals surface area contributed by atoms with Gasteiger partial charge in [-0.15, -0.1) is 0 Å². The lowest BCUT2D eigenvalue weighted by Gasteiger charge is -2.33. The number of nitrogens with one attached hydrogen (secondary N) is 1. The number of methoxy groups -OCH3 is 1. The number of hydrogen-bond donors (Lipinski definition) is 1. The minimum absolute atomic E-state index is 0.0487. The van der Waals surface area contributed by atoms with Gasteiger partial charge in [0.1, 0.15) is 5.75 Å². The fourth-order valence-electron chi connectivity index (χ4n) is 2.47. The lowest BCUT2D eigenvalue weighted by molar-refractivity contribution is -0.0498. The number of morpholine rings is 1. The monoisotopic (exact) mass is 344 g/mol. The summed E-state index contributed by atoms with van der Waals surface area (Å²) in [6.07, 6.45) is 0.672. The number of amides is 2. The number of nitrogens with zero attached hydrogens (tertiary/aromatic N) is 1. The van der Waals surface area contributed by atoms with Gasteiger partial charge < -0.3 is 24.4 Å². The van der Waals surface area contributed by atoms with Crippen LogP contribution in [0, 0.1) is 6.92 Å². The van der Waals surface area contributed by atoms with E-state index in [9.17, 15) is 13.6 Å². The third-order valence-electron chi connectivity index (χ3n) is 3.73. The molecule has 1 aliphatic rings. The van der Waals surface area contributed by atoms with Crippen LogP contribution < -0.4 is 10.1 Å². The molecule has 8 heteroatoms. The number of carbonyl (C=O) groups is 1. The Hall–Kier alpha value is -1.93. The normalized spacial score (nSPS) is 17.9. The summed E-state index contributed by atoms with van der Waals surface area (Å²) in [4.78, 5) is 14.1. The summed E-state index contributed by atoms with van der Waals surface area (Å²) in [5.41, 5.74) is 1.20. The van der Waals surface area contributed by atoms with Crippen molar-refractivity contribution in [3.63, 3.8) is 0 Å². The number of benzene rings is 1. The van der Waals surface area contributed by atoms with Gasteiger partial charge >= 0.3 is 12.6 Å². The number of hydrogen-bond acceptors (Lipinski definition) is 4. The molecule has 0 aliphatic carbocycles. The molecule has 1 atom stereocenters. The average Bonchev–Trinajstić information content (AvgIpc) is 2.55. The summed E-state index contributed by atoms with van der Waals surface area (Å²) < 4.78 is 39.4. The van der Waals surface area contributed by atoms with Crippen LogP contribution >= 0.6 is 0 Å². The lowest BCUT2D eigenvalue weighted by atomic mass is 10.2. The quantitative estimate of drug-likeness (QED) is 0.862. The van der Waals surface area contributed by atoms with Gasteiger partial charge in [-0.1, -0.05) is 0 Å². The van der Waals surface area contributed by atoms with E-state index in [4.69, 9.17) is 9.47 Å². The van der Waals surface area contributed by atoms with Gasteiger partial charge in [0.05, 0.1) is 12.7 Å². The van der Waals surface area contributed by atoms with Crippen molar-refractivity contribution in [3.8, 4) is 5.75 Å². The van der Waals surface area contributed by atoms with E-state index in [1.54, 1.807) is 25.0 Å². The number of aryl methyl sites for hydroxylation is 1. The molecule has 2 amide bonds. The maximum Gasteiger partial charge on any atom is 0.387 e. The highest BCUT2D eigenvalue weighted by molar-refractivity contribution is 5.90. The molecule has 0 unspecified atom stereocenters.